The Morgan fingerprint density at radius 2 is 2.36 bits per heavy atom. The first-order chi connectivity index (χ1) is 6.53. The quantitative estimate of drug-likeness (QED) is 0.647. The number of hydrogen-bond acceptors (Lipinski definition) is 4. The van der Waals surface area contributed by atoms with Gasteiger partial charge in [0.15, 0.2) is 0 Å². The van der Waals surface area contributed by atoms with E-state index < -0.39 is 0 Å². The molecule has 0 aliphatic heterocycles. The molecule has 5 heteroatoms. The number of nitrogens with two attached hydrogens (primary N) is 1. The molecular weight excluding hydrogens is 180 g/mol. The van der Waals surface area contributed by atoms with E-state index in [1.165, 1.54) is 12.4 Å². The molecule has 78 valence electrons. The number of nitrogens with one attached hydrogen (secondary N) is 2. The Kier molecular flexibility index (Phi) is 3.24. The summed E-state index contributed by atoms with van der Waals surface area (Å²) in [6.45, 7) is 4.63. The average molecular weight is 196 g/mol. The van der Waals surface area contributed by atoms with Crippen LogP contribution < -0.4 is 16.6 Å². The van der Waals surface area contributed by atoms with Crippen LogP contribution in [-0.4, -0.2) is 22.1 Å². The van der Waals surface area contributed by atoms with Gasteiger partial charge in [0, 0.05) is 11.6 Å². The van der Waals surface area contributed by atoms with Crippen LogP contribution in [-0.2, 0) is 0 Å². The van der Waals surface area contributed by atoms with Gasteiger partial charge >= 0.3 is 0 Å². The van der Waals surface area contributed by atoms with Crippen LogP contribution in [0.2, 0.25) is 0 Å². The minimum atomic E-state index is -0.161. The molecule has 0 saturated heterocycles. The van der Waals surface area contributed by atoms with Gasteiger partial charge in [-0.05, 0) is 26.8 Å². The van der Waals surface area contributed by atoms with Crippen LogP contribution in [0.4, 0.5) is 5.82 Å². The zero-order valence-electron chi connectivity index (χ0n) is 8.50. The van der Waals surface area contributed by atoms with E-state index in [1.807, 2.05) is 13.8 Å². The SMILES string of the molecule is CC(C)(CCN)Nc1cc(=O)[nH]cn1. The largest absolute Gasteiger partial charge is 0.365 e. The maximum Gasteiger partial charge on any atom is 0.252 e. The molecule has 1 aromatic heterocycles. The highest BCUT2D eigenvalue weighted by atomic mass is 16.1. The number of H-pyrrole nitrogens is 1. The summed E-state index contributed by atoms with van der Waals surface area (Å²) in [4.78, 5) is 17.4. The number of rotatable bonds is 4. The third kappa shape index (κ3) is 3.18. The van der Waals surface area contributed by atoms with E-state index in [4.69, 9.17) is 5.73 Å². The molecule has 14 heavy (non-hydrogen) atoms. The molecule has 0 aliphatic rings. The molecule has 0 saturated carbocycles. The summed E-state index contributed by atoms with van der Waals surface area (Å²) in [6.07, 6.45) is 2.20. The summed E-state index contributed by atoms with van der Waals surface area (Å²) < 4.78 is 0. The molecule has 0 atom stereocenters. The van der Waals surface area contributed by atoms with Crippen molar-refractivity contribution in [2.24, 2.45) is 5.73 Å². The first-order valence-corrected chi connectivity index (χ1v) is 4.56. The van der Waals surface area contributed by atoms with Crippen molar-refractivity contribution in [3.05, 3.63) is 22.7 Å². The highest BCUT2D eigenvalue weighted by Crippen LogP contribution is 2.13. The lowest BCUT2D eigenvalue weighted by Gasteiger charge is -2.25. The van der Waals surface area contributed by atoms with Gasteiger partial charge in [-0.25, -0.2) is 4.98 Å². The fourth-order valence-corrected chi connectivity index (χ4v) is 1.21. The lowest BCUT2D eigenvalue weighted by Crippen LogP contribution is -2.34. The zero-order chi connectivity index (χ0) is 10.6. The van der Waals surface area contributed by atoms with Crippen LogP contribution in [0.25, 0.3) is 0 Å². The molecule has 1 rings (SSSR count). The Bertz CT molecular complexity index is 345. The van der Waals surface area contributed by atoms with E-state index in [1.54, 1.807) is 0 Å². The highest BCUT2D eigenvalue weighted by molar-refractivity contribution is 5.34. The van der Waals surface area contributed by atoms with E-state index in [0.717, 1.165) is 6.42 Å². The van der Waals surface area contributed by atoms with Crippen molar-refractivity contribution in [1.29, 1.82) is 0 Å². The second-order valence-electron chi connectivity index (χ2n) is 3.84. The van der Waals surface area contributed by atoms with Crippen molar-refractivity contribution in [3.63, 3.8) is 0 Å². The van der Waals surface area contributed by atoms with Crippen molar-refractivity contribution < 1.29 is 0 Å². The van der Waals surface area contributed by atoms with Crippen LogP contribution in [0.5, 0.6) is 0 Å². The molecule has 4 N–H and O–H groups in total. The van der Waals surface area contributed by atoms with Crippen molar-refractivity contribution in [2.45, 2.75) is 25.8 Å². The average Bonchev–Trinajstić information content (AvgIpc) is 2.02. The number of aromatic amines is 1. The zero-order valence-corrected chi connectivity index (χ0v) is 8.50. The lowest BCUT2D eigenvalue weighted by atomic mass is 10.0. The smallest absolute Gasteiger partial charge is 0.252 e. The van der Waals surface area contributed by atoms with Gasteiger partial charge < -0.3 is 16.0 Å². The summed E-state index contributed by atoms with van der Waals surface area (Å²) in [5.74, 6) is 0.576. The van der Waals surface area contributed by atoms with Crippen molar-refractivity contribution in [3.8, 4) is 0 Å². The fraction of sp³-hybridized carbons (Fsp3) is 0.556. The Labute approximate surface area is 82.7 Å². The third-order valence-corrected chi connectivity index (χ3v) is 1.91. The standard InChI is InChI=1S/C9H16N4O/c1-9(2,3-4-10)13-7-5-8(14)12-6-11-7/h5-6H,3-4,10H2,1-2H3,(H2,11,12,13,14). The Morgan fingerprint density at radius 1 is 1.64 bits per heavy atom. The minimum absolute atomic E-state index is 0.143. The molecule has 5 nitrogen and oxygen atoms in total. The maximum atomic E-state index is 11.0. The second-order valence-corrected chi connectivity index (χ2v) is 3.84. The topological polar surface area (TPSA) is 83.8 Å². The summed E-state index contributed by atoms with van der Waals surface area (Å²) in [6, 6.07) is 1.43. The summed E-state index contributed by atoms with van der Waals surface area (Å²) in [7, 11) is 0. The molecular formula is C9H16N4O. The Balaban J connectivity index is 2.73. The first-order valence-electron chi connectivity index (χ1n) is 4.56. The number of aromatic nitrogens is 2. The van der Waals surface area contributed by atoms with Gasteiger partial charge in [0.05, 0.1) is 6.33 Å². The molecule has 0 amide bonds. The van der Waals surface area contributed by atoms with Gasteiger partial charge in [0.2, 0.25) is 0 Å². The number of anilines is 1. The Morgan fingerprint density at radius 3 is 2.93 bits per heavy atom. The number of nitrogens with zero attached hydrogens (tertiary/aromatic N) is 1. The van der Waals surface area contributed by atoms with Crippen molar-refractivity contribution >= 4 is 5.82 Å². The monoisotopic (exact) mass is 196 g/mol. The molecule has 0 aliphatic carbocycles. The number of hydrogen-bond donors (Lipinski definition) is 3. The highest BCUT2D eigenvalue weighted by Gasteiger charge is 2.16. The predicted molar refractivity (Wildman–Crippen MR) is 56.2 cm³/mol. The third-order valence-electron chi connectivity index (χ3n) is 1.91. The molecule has 1 heterocycles. The first kappa shape index (κ1) is 10.7. The van der Waals surface area contributed by atoms with Gasteiger partial charge in [-0.2, -0.15) is 0 Å². The normalized spacial score (nSPS) is 11.4. The van der Waals surface area contributed by atoms with Crippen LogP contribution >= 0.6 is 0 Å². The van der Waals surface area contributed by atoms with E-state index in [-0.39, 0.29) is 11.1 Å². The van der Waals surface area contributed by atoms with Crippen LogP contribution in [0.3, 0.4) is 0 Å². The van der Waals surface area contributed by atoms with Crippen molar-refractivity contribution in [1.82, 2.24) is 9.97 Å². The van der Waals surface area contributed by atoms with Crippen LogP contribution in [0, 0.1) is 0 Å². The van der Waals surface area contributed by atoms with Crippen LogP contribution in [0.1, 0.15) is 20.3 Å². The molecule has 0 radical (unpaired) electrons. The summed E-state index contributed by atoms with van der Waals surface area (Å²) in [5.41, 5.74) is 5.17. The predicted octanol–water partition coefficient (Wildman–Crippen LogP) is 0.309. The van der Waals surface area contributed by atoms with Gasteiger partial charge in [-0.3, -0.25) is 4.79 Å². The lowest BCUT2D eigenvalue weighted by molar-refractivity contribution is 0.524. The Hall–Kier alpha value is -1.36. The molecule has 0 bridgehead atoms. The van der Waals surface area contributed by atoms with Gasteiger partial charge in [-0.15, -0.1) is 0 Å². The van der Waals surface area contributed by atoms with E-state index in [9.17, 15) is 4.79 Å². The summed E-state index contributed by atoms with van der Waals surface area (Å²) in [5, 5.41) is 3.15. The second kappa shape index (κ2) is 4.23. The van der Waals surface area contributed by atoms with Crippen LogP contribution in [0.15, 0.2) is 17.2 Å². The van der Waals surface area contributed by atoms with E-state index in [2.05, 4.69) is 15.3 Å². The molecule has 1 aromatic rings. The minimum Gasteiger partial charge on any atom is -0.365 e. The van der Waals surface area contributed by atoms with E-state index >= 15 is 0 Å². The fourth-order valence-electron chi connectivity index (χ4n) is 1.21. The maximum absolute atomic E-state index is 11.0. The van der Waals surface area contributed by atoms with E-state index in [0.29, 0.717) is 12.4 Å². The van der Waals surface area contributed by atoms with Gasteiger partial charge in [0.25, 0.3) is 5.56 Å². The molecule has 0 aromatic carbocycles. The van der Waals surface area contributed by atoms with Gasteiger partial charge in [0.1, 0.15) is 5.82 Å². The molecule has 0 fully saturated rings. The van der Waals surface area contributed by atoms with Crippen molar-refractivity contribution in [2.75, 3.05) is 11.9 Å². The summed E-state index contributed by atoms with van der Waals surface area (Å²) >= 11 is 0. The van der Waals surface area contributed by atoms with Gasteiger partial charge in [-0.1, -0.05) is 0 Å². The molecule has 0 unspecified atom stereocenters. The molecule has 0 spiro atoms.